The van der Waals surface area contributed by atoms with Crippen LogP contribution in [0.25, 0.3) is 0 Å². The minimum atomic E-state index is -3.48. The van der Waals surface area contributed by atoms with E-state index in [-0.39, 0.29) is 10.3 Å². The molecule has 0 saturated carbocycles. The Morgan fingerprint density at radius 3 is 2.52 bits per heavy atom. The van der Waals surface area contributed by atoms with E-state index < -0.39 is 15.6 Å². The molecule has 0 aliphatic carbocycles. The molecular weight excluding hydrogens is 314 g/mol. The highest BCUT2D eigenvalue weighted by Crippen LogP contribution is 2.34. The zero-order chi connectivity index (χ0) is 15.3. The molecule has 0 aromatic carbocycles. The van der Waals surface area contributed by atoms with Gasteiger partial charge in [-0.3, -0.25) is 0 Å². The molecule has 2 aliphatic heterocycles. The van der Waals surface area contributed by atoms with Gasteiger partial charge in [-0.2, -0.15) is 8.68 Å². The van der Waals surface area contributed by atoms with Gasteiger partial charge in [0, 0.05) is 33.0 Å². The molecule has 0 bridgehead atoms. The van der Waals surface area contributed by atoms with Crippen molar-refractivity contribution in [1.29, 1.82) is 0 Å². The topological polar surface area (TPSA) is 79.8 Å². The first-order chi connectivity index (χ1) is 9.82. The van der Waals surface area contributed by atoms with Crippen LogP contribution in [0, 0.1) is 6.92 Å². The highest BCUT2D eigenvalue weighted by molar-refractivity contribution is 7.91. The molecule has 1 spiro atoms. The van der Waals surface area contributed by atoms with Gasteiger partial charge in [0.15, 0.2) is 4.21 Å². The molecular formula is C12H17N3O4S2. The molecule has 3 rings (SSSR count). The number of likely N-dealkylation sites (N-methyl/N-ethyl adjacent to an activating group) is 1. The Bertz CT molecular complexity index is 662. The lowest BCUT2D eigenvalue weighted by Gasteiger charge is -2.36. The van der Waals surface area contributed by atoms with Crippen molar-refractivity contribution < 1.29 is 17.9 Å². The van der Waals surface area contributed by atoms with Gasteiger partial charge in [0.2, 0.25) is 0 Å². The highest BCUT2D eigenvalue weighted by atomic mass is 32.2. The van der Waals surface area contributed by atoms with E-state index in [0.717, 1.165) is 11.5 Å². The standard InChI is InChI=1S/C12H17N3O4S2/c1-9-7-10(20-13-9)21(17,18)15-5-3-12(4-6-15)8-14(2)11(16)19-12/h7H,3-6,8H2,1-2H3. The highest BCUT2D eigenvalue weighted by Gasteiger charge is 2.47. The maximum atomic E-state index is 12.5. The van der Waals surface area contributed by atoms with Gasteiger partial charge in [-0.05, 0) is 24.5 Å². The van der Waals surface area contributed by atoms with Crippen LogP contribution in [0.2, 0.25) is 0 Å². The Kier molecular flexibility index (Phi) is 3.45. The number of hydrogen-bond acceptors (Lipinski definition) is 6. The minimum absolute atomic E-state index is 0.275. The maximum Gasteiger partial charge on any atom is 0.410 e. The van der Waals surface area contributed by atoms with E-state index in [9.17, 15) is 13.2 Å². The fraction of sp³-hybridized carbons (Fsp3) is 0.667. The second kappa shape index (κ2) is 4.92. The summed E-state index contributed by atoms with van der Waals surface area (Å²) >= 11 is 1.00. The first-order valence-electron chi connectivity index (χ1n) is 6.70. The lowest BCUT2D eigenvalue weighted by molar-refractivity contribution is 0.0172. The average molecular weight is 331 g/mol. The molecule has 2 saturated heterocycles. The van der Waals surface area contributed by atoms with Crippen molar-refractivity contribution in [2.75, 3.05) is 26.7 Å². The minimum Gasteiger partial charge on any atom is -0.441 e. The lowest BCUT2D eigenvalue weighted by Crippen LogP contribution is -2.48. The first kappa shape index (κ1) is 14.7. The van der Waals surface area contributed by atoms with Crippen molar-refractivity contribution in [1.82, 2.24) is 13.6 Å². The van der Waals surface area contributed by atoms with E-state index in [1.54, 1.807) is 20.0 Å². The van der Waals surface area contributed by atoms with Crippen LogP contribution >= 0.6 is 11.5 Å². The number of sulfonamides is 1. The van der Waals surface area contributed by atoms with Gasteiger partial charge in [-0.15, -0.1) is 0 Å². The molecule has 1 amide bonds. The Morgan fingerprint density at radius 1 is 1.38 bits per heavy atom. The van der Waals surface area contributed by atoms with E-state index in [0.29, 0.717) is 38.2 Å². The largest absolute Gasteiger partial charge is 0.441 e. The summed E-state index contributed by atoms with van der Waals surface area (Å²) in [5, 5.41) is 0. The van der Waals surface area contributed by atoms with Crippen LogP contribution in [0.3, 0.4) is 0 Å². The number of aromatic nitrogens is 1. The van der Waals surface area contributed by atoms with Crippen LogP contribution in [0.5, 0.6) is 0 Å². The molecule has 0 atom stereocenters. The molecule has 9 heteroatoms. The van der Waals surface area contributed by atoms with Crippen LogP contribution in [-0.2, 0) is 14.8 Å². The fourth-order valence-electron chi connectivity index (χ4n) is 2.78. The Hall–Kier alpha value is -1.19. The molecule has 1 aromatic rings. The third-order valence-corrected chi connectivity index (χ3v) is 7.18. The first-order valence-corrected chi connectivity index (χ1v) is 8.91. The molecule has 0 N–H and O–H groups in total. The van der Waals surface area contributed by atoms with E-state index in [1.807, 2.05) is 0 Å². The third-order valence-electron chi connectivity index (χ3n) is 3.97. The number of hydrogen-bond donors (Lipinski definition) is 0. The average Bonchev–Trinajstić information content (AvgIpc) is 2.96. The smallest absolute Gasteiger partial charge is 0.410 e. The van der Waals surface area contributed by atoms with Gasteiger partial charge in [0.05, 0.1) is 12.2 Å². The number of rotatable bonds is 2. The number of amides is 1. The number of piperidine rings is 1. The molecule has 2 fully saturated rings. The molecule has 0 radical (unpaired) electrons. The van der Waals surface area contributed by atoms with E-state index in [1.165, 1.54) is 9.21 Å². The summed E-state index contributed by atoms with van der Waals surface area (Å²) in [4.78, 5) is 13.1. The number of aryl methyl sites for hydroxylation is 1. The Labute approximate surface area is 127 Å². The van der Waals surface area contributed by atoms with Gasteiger partial charge >= 0.3 is 6.09 Å². The maximum absolute atomic E-state index is 12.5. The monoisotopic (exact) mass is 331 g/mol. The Balaban J connectivity index is 1.73. The van der Waals surface area contributed by atoms with Crippen LogP contribution in [0.4, 0.5) is 4.79 Å². The van der Waals surface area contributed by atoms with Crippen LogP contribution in [0.1, 0.15) is 18.5 Å². The summed E-state index contributed by atoms with van der Waals surface area (Å²) in [6.07, 6.45) is 0.726. The van der Waals surface area contributed by atoms with Crippen molar-refractivity contribution in [2.45, 2.75) is 29.6 Å². The summed E-state index contributed by atoms with van der Waals surface area (Å²) < 4.78 is 36.2. The Morgan fingerprint density at radius 2 is 2.05 bits per heavy atom. The molecule has 2 aliphatic rings. The summed E-state index contributed by atoms with van der Waals surface area (Å²) in [5.41, 5.74) is 0.181. The molecule has 0 unspecified atom stereocenters. The second-order valence-electron chi connectivity index (χ2n) is 5.60. The van der Waals surface area contributed by atoms with Crippen LogP contribution in [0.15, 0.2) is 10.3 Å². The van der Waals surface area contributed by atoms with Crippen LogP contribution < -0.4 is 0 Å². The normalized spacial score (nSPS) is 22.8. The number of ether oxygens (including phenoxy) is 1. The fourth-order valence-corrected chi connectivity index (χ4v) is 5.33. The van der Waals surface area contributed by atoms with E-state index in [2.05, 4.69) is 4.37 Å². The second-order valence-corrected chi connectivity index (χ2v) is 8.57. The quantitative estimate of drug-likeness (QED) is 0.809. The summed E-state index contributed by atoms with van der Waals surface area (Å²) in [5.74, 6) is 0. The molecule has 7 nitrogen and oxygen atoms in total. The molecule has 1 aromatic heterocycles. The molecule has 3 heterocycles. The lowest BCUT2D eigenvalue weighted by atomic mass is 9.92. The SMILES string of the molecule is Cc1cc(S(=O)(=O)N2CCC3(CC2)CN(C)C(=O)O3)sn1. The van der Waals surface area contributed by atoms with Crippen LogP contribution in [-0.4, -0.2) is 60.4 Å². The van der Waals surface area contributed by atoms with Crippen molar-refractivity contribution in [3.8, 4) is 0 Å². The summed E-state index contributed by atoms with van der Waals surface area (Å²) in [6.45, 7) is 3.02. The van der Waals surface area contributed by atoms with Gasteiger partial charge < -0.3 is 9.64 Å². The van der Waals surface area contributed by atoms with Crippen molar-refractivity contribution in [2.24, 2.45) is 0 Å². The van der Waals surface area contributed by atoms with E-state index in [4.69, 9.17) is 4.74 Å². The predicted octanol–water partition coefficient (Wildman–Crippen LogP) is 1.06. The third kappa shape index (κ3) is 2.53. The summed E-state index contributed by atoms with van der Waals surface area (Å²) in [6, 6.07) is 1.59. The van der Waals surface area contributed by atoms with Gasteiger partial charge in [0.25, 0.3) is 10.0 Å². The van der Waals surface area contributed by atoms with Crippen molar-refractivity contribution in [3.05, 3.63) is 11.8 Å². The molecule has 21 heavy (non-hydrogen) atoms. The number of nitrogens with zero attached hydrogens (tertiary/aromatic N) is 3. The molecule has 116 valence electrons. The van der Waals surface area contributed by atoms with Gasteiger partial charge in [-0.25, -0.2) is 13.2 Å². The van der Waals surface area contributed by atoms with Crippen molar-refractivity contribution >= 4 is 27.6 Å². The zero-order valence-electron chi connectivity index (χ0n) is 11.9. The van der Waals surface area contributed by atoms with Gasteiger partial charge in [-0.1, -0.05) is 0 Å². The van der Waals surface area contributed by atoms with E-state index >= 15 is 0 Å². The van der Waals surface area contributed by atoms with Crippen molar-refractivity contribution in [3.63, 3.8) is 0 Å². The summed E-state index contributed by atoms with van der Waals surface area (Å²) in [7, 11) is -1.78. The van der Waals surface area contributed by atoms with Gasteiger partial charge in [0.1, 0.15) is 5.60 Å². The number of carbonyl (C=O) groups is 1. The number of carbonyl (C=O) groups excluding carboxylic acids is 1. The predicted molar refractivity (Wildman–Crippen MR) is 76.7 cm³/mol. The zero-order valence-corrected chi connectivity index (χ0v) is 13.5.